The first-order valence-electron chi connectivity index (χ1n) is 13.9. The first-order chi connectivity index (χ1) is 20.8. The standard InChI is InChI=1S/C32H30ClFN6O4/c1-17-28-23(22-8-5-18(14-35)12-24(22)33)13-26(34)37-30(28)40(38-17)15-19-6-7-21-20(11-19)16-39(31(21)43)25(29(36)42)9-10-27(41)44-32(2,3)4/h5-8,11-13,25H,9-10,15-16H2,1-4H3,(H2,36,42)/t25-/m0/s1. The lowest BCUT2D eigenvalue weighted by molar-refractivity contribution is -0.155. The van der Waals surface area contributed by atoms with Crippen LogP contribution in [0.25, 0.3) is 22.2 Å². The lowest BCUT2D eigenvalue weighted by Gasteiger charge is -2.25. The summed E-state index contributed by atoms with van der Waals surface area (Å²) in [7, 11) is 0. The molecular formula is C32H30ClFN6O4. The molecule has 12 heteroatoms. The Balaban J connectivity index is 1.41. The Hall–Kier alpha value is -4.82. The molecule has 10 nitrogen and oxygen atoms in total. The Bertz CT molecular complexity index is 1870. The SMILES string of the molecule is Cc1nn(Cc2ccc3c(c2)CN([C@@H](CCC(=O)OC(C)(C)C)C(N)=O)C3=O)c2nc(F)cc(-c3ccc(C#N)cc3Cl)c12. The van der Waals surface area contributed by atoms with Crippen molar-refractivity contribution >= 4 is 40.4 Å². The Kier molecular flexibility index (Phi) is 8.14. The number of nitrogens with two attached hydrogens (primary N) is 1. The van der Waals surface area contributed by atoms with Gasteiger partial charge < -0.3 is 15.4 Å². The summed E-state index contributed by atoms with van der Waals surface area (Å²) in [5.74, 6) is -2.26. The van der Waals surface area contributed by atoms with E-state index >= 15 is 0 Å². The highest BCUT2D eigenvalue weighted by Gasteiger charge is 2.36. The van der Waals surface area contributed by atoms with Crippen LogP contribution in [0.2, 0.25) is 5.02 Å². The molecule has 0 bridgehead atoms. The van der Waals surface area contributed by atoms with Gasteiger partial charge in [-0.2, -0.15) is 19.7 Å². The van der Waals surface area contributed by atoms with E-state index in [1.54, 1.807) is 56.6 Å². The quantitative estimate of drug-likeness (QED) is 0.215. The summed E-state index contributed by atoms with van der Waals surface area (Å²) in [5.41, 5.74) is 9.23. The second-order valence-corrected chi connectivity index (χ2v) is 12.1. The van der Waals surface area contributed by atoms with Gasteiger partial charge >= 0.3 is 5.97 Å². The van der Waals surface area contributed by atoms with Gasteiger partial charge in [0.25, 0.3) is 5.91 Å². The molecule has 2 N–H and O–H groups in total. The lowest BCUT2D eigenvalue weighted by Crippen LogP contribution is -2.45. The molecule has 0 aliphatic carbocycles. The Morgan fingerprint density at radius 1 is 1.16 bits per heavy atom. The number of aryl methyl sites for hydroxylation is 1. The lowest BCUT2D eigenvalue weighted by atomic mass is 10.0. The van der Waals surface area contributed by atoms with Crippen molar-refractivity contribution in [1.29, 1.82) is 5.26 Å². The zero-order valence-electron chi connectivity index (χ0n) is 24.6. The van der Waals surface area contributed by atoms with Gasteiger partial charge in [0.2, 0.25) is 11.9 Å². The molecule has 44 heavy (non-hydrogen) atoms. The van der Waals surface area contributed by atoms with E-state index in [1.165, 1.54) is 17.0 Å². The number of pyridine rings is 1. The molecule has 2 aromatic heterocycles. The van der Waals surface area contributed by atoms with Crippen molar-refractivity contribution in [3.63, 3.8) is 0 Å². The number of hydrogen-bond donors (Lipinski definition) is 1. The third kappa shape index (κ3) is 6.12. The zero-order valence-corrected chi connectivity index (χ0v) is 25.4. The Morgan fingerprint density at radius 2 is 1.89 bits per heavy atom. The third-order valence-electron chi connectivity index (χ3n) is 7.31. The fourth-order valence-corrected chi connectivity index (χ4v) is 5.75. The highest BCUT2D eigenvalue weighted by Crippen LogP contribution is 2.36. The molecule has 0 saturated heterocycles. The van der Waals surface area contributed by atoms with E-state index in [2.05, 4.69) is 10.1 Å². The summed E-state index contributed by atoms with van der Waals surface area (Å²) < 4.78 is 21.7. The Labute approximate surface area is 258 Å². The topological polar surface area (TPSA) is 144 Å². The van der Waals surface area contributed by atoms with Crippen LogP contribution in [0.4, 0.5) is 4.39 Å². The van der Waals surface area contributed by atoms with Crippen LogP contribution in [0, 0.1) is 24.2 Å². The van der Waals surface area contributed by atoms with E-state index in [9.17, 15) is 24.0 Å². The molecule has 3 heterocycles. The summed E-state index contributed by atoms with van der Waals surface area (Å²) >= 11 is 6.46. The summed E-state index contributed by atoms with van der Waals surface area (Å²) in [4.78, 5) is 43.3. The summed E-state index contributed by atoms with van der Waals surface area (Å²) in [6, 6.07) is 12.4. The highest BCUT2D eigenvalue weighted by atomic mass is 35.5. The molecule has 2 aromatic carbocycles. The molecule has 4 aromatic rings. The van der Waals surface area contributed by atoms with E-state index in [0.29, 0.717) is 49.6 Å². The minimum absolute atomic E-state index is 0.0399. The van der Waals surface area contributed by atoms with Gasteiger partial charge in [-0.15, -0.1) is 0 Å². The van der Waals surface area contributed by atoms with Crippen LogP contribution in [-0.4, -0.2) is 49.1 Å². The number of carbonyl (C=O) groups is 3. The van der Waals surface area contributed by atoms with Crippen LogP contribution >= 0.6 is 11.6 Å². The smallest absolute Gasteiger partial charge is 0.306 e. The van der Waals surface area contributed by atoms with Crippen molar-refractivity contribution in [2.45, 2.75) is 65.3 Å². The average molecular weight is 617 g/mol. The zero-order chi connectivity index (χ0) is 31.9. The van der Waals surface area contributed by atoms with Crippen LogP contribution < -0.4 is 5.73 Å². The second-order valence-electron chi connectivity index (χ2n) is 11.7. The number of ether oxygens (including phenoxy) is 1. The minimum Gasteiger partial charge on any atom is -0.460 e. The number of carbonyl (C=O) groups excluding carboxylic acids is 3. The van der Waals surface area contributed by atoms with E-state index in [-0.39, 0.29) is 31.8 Å². The molecule has 1 atom stereocenters. The van der Waals surface area contributed by atoms with E-state index in [1.807, 2.05) is 12.1 Å². The number of benzene rings is 2. The maximum Gasteiger partial charge on any atom is 0.306 e. The largest absolute Gasteiger partial charge is 0.460 e. The first-order valence-corrected chi connectivity index (χ1v) is 14.3. The van der Waals surface area contributed by atoms with Gasteiger partial charge in [-0.1, -0.05) is 29.8 Å². The minimum atomic E-state index is -0.983. The van der Waals surface area contributed by atoms with Gasteiger partial charge in [0.1, 0.15) is 11.6 Å². The number of primary amides is 1. The molecule has 5 rings (SSSR count). The monoisotopic (exact) mass is 616 g/mol. The second kappa shape index (κ2) is 11.7. The molecule has 0 unspecified atom stereocenters. The molecule has 1 aliphatic rings. The maximum absolute atomic E-state index is 14.8. The van der Waals surface area contributed by atoms with Crippen LogP contribution in [0.15, 0.2) is 42.5 Å². The van der Waals surface area contributed by atoms with Crippen molar-refractivity contribution in [3.05, 3.63) is 81.4 Å². The third-order valence-corrected chi connectivity index (χ3v) is 7.63. The van der Waals surface area contributed by atoms with Crippen molar-refractivity contribution in [3.8, 4) is 17.2 Å². The molecule has 0 radical (unpaired) electrons. The summed E-state index contributed by atoms with van der Waals surface area (Å²) in [6.07, 6.45) is -0.0284. The number of rotatable bonds is 8. The highest BCUT2D eigenvalue weighted by molar-refractivity contribution is 6.33. The van der Waals surface area contributed by atoms with Gasteiger partial charge in [0, 0.05) is 40.7 Å². The number of nitriles is 1. The fraction of sp³-hybridized carbons (Fsp3) is 0.312. The van der Waals surface area contributed by atoms with Crippen LogP contribution in [-0.2, 0) is 27.4 Å². The van der Waals surface area contributed by atoms with Gasteiger partial charge in [-0.05, 0) is 63.4 Å². The van der Waals surface area contributed by atoms with E-state index in [4.69, 9.17) is 22.1 Å². The van der Waals surface area contributed by atoms with Crippen molar-refractivity contribution in [2.24, 2.45) is 5.73 Å². The predicted molar refractivity (Wildman–Crippen MR) is 161 cm³/mol. The molecule has 0 fully saturated rings. The summed E-state index contributed by atoms with van der Waals surface area (Å²) in [5, 5.41) is 14.7. The molecule has 1 aliphatic heterocycles. The number of hydrogen-bond acceptors (Lipinski definition) is 7. The summed E-state index contributed by atoms with van der Waals surface area (Å²) in [6.45, 7) is 7.40. The van der Waals surface area contributed by atoms with Crippen LogP contribution in [0.5, 0.6) is 0 Å². The molecular weight excluding hydrogens is 587 g/mol. The number of nitrogens with zero attached hydrogens (tertiary/aromatic N) is 5. The van der Waals surface area contributed by atoms with Crippen molar-refractivity contribution in [1.82, 2.24) is 19.7 Å². The van der Waals surface area contributed by atoms with Crippen LogP contribution in [0.3, 0.4) is 0 Å². The first kappa shape index (κ1) is 30.6. The van der Waals surface area contributed by atoms with E-state index < -0.39 is 29.5 Å². The fourth-order valence-electron chi connectivity index (χ4n) is 5.47. The number of aromatic nitrogens is 3. The average Bonchev–Trinajstić information content (AvgIpc) is 3.42. The predicted octanol–water partition coefficient (Wildman–Crippen LogP) is 5.05. The van der Waals surface area contributed by atoms with Gasteiger partial charge in [-0.3, -0.25) is 14.4 Å². The molecule has 2 amide bonds. The normalized spacial score (nSPS) is 13.6. The molecule has 226 valence electrons. The van der Waals surface area contributed by atoms with Crippen LogP contribution in [0.1, 0.15) is 66.4 Å². The number of esters is 1. The van der Waals surface area contributed by atoms with E-state index in [0.717, 1.165) is 5.56 Å². The number of amides is 2. The van der Waals surface area contributed by atoms with Gasteiger partial charge in [0.05, 0.1) is 29.3 Å². The van der Waals surface area contributed by atoms with Gasteiger partial charge in [0.15, 0.2) is 5.65 Å². The number of halogens is 2. The van der Waals surface area contributed by atoms with Gasteiger partial charge in [-0.25, -0.2) is 4.68 Å². The Morgan fingerprint density at radius 3 is 2.55 bits per heavy atom. The molecule has 0 saturated carbocycles. The van der Waals surface area contributed by atoms with Crippen molar-refractivity contribution < 1.29 is 23.5 Å². The van der Waals surface area contributed by atoms with Crippen molar-refractivity contribution in [2.75, 3.05) is 0 Å². The number of fused-ring (bicyclic) bond motifs is 2. The molecule has 0 spiro atoms. The maximum atomic E-state index is 14.8.